The quantitative estimate of drug-likeness (QED) is 0.456. The molecule has 0 unspecified atom stereocenters. The minimum atomic E-state index is -0.498. The van der Waals surface area contributed by atoms with E-state index in [-0.39, 0.29) is 35.0 Å². The number of benzene rings is 2. The van der Waals surface area contributed by atoms with Crippen molar-refractivity contribution in [2.75, 3.05) is 7.05 Å². The van der Waals surface area contributed by atoms with Crippen LogP contribution in [0.1, 0.15) is 21.5 Å². The summed E-state index contributed by atoms with van der Waals surface area (Å²) in [7, 11) is 1.58. The van der Waals surface area contributed by atoms with E-state index in [4.69, 9.17) is 4.42 Å². The molecule has 0 saturated heterocycles. The highest BCUT2D eigenvalue weighted by atomic mass is 16.3. The highest BCUT2D eigenvalue weighted by Gasteiger charge is 2.23. The number of phenolic OH excluding ortho intramolecular Hbond substituents is 2. The van der Waals surface area contributed by atoms with E-state index in [2.05, 4.69) is 10.2 Å². The number of phenols is 2. The van der Waals surface area contributed by atoms with Gasteiger partial charge in [0.25, 0.3) is 5.91 Å². The largest absolute Gasteiger partial charge is 0.507 e. The number of aromatic amines is 1. The molecule has 0 aliphatic carbocycles. The summed E-state index contributed by atoms with van der Waals surface area (Å²) in [6, 6.07) is 11.3. The minimum Gasteiger partial charge on any atom is -0.507 e. The number of para-hydroxylation sites is 1. The normalized spacial score (nSPS) is 10.9. The van der Waals surface area contributed by atoms with E-state index in [0.29, 0.717) is 5.69 Å². The van der Waals surface area contributed by atoms with Gasteiger partial charge in [0.1, 0.15) is 11.5 Å². The fraction of sp³-hybridized carbons (Fsp3) is 0.136. The van der Waals surface area contributed by atoms with Gasteiger partial charge in [-0.15, -0.1) is 0 Å². The third-order valence-electron chi connectivity index (χ3n) is 4.96. The molecule has 158 valence electrons. The SMILES string of the molecule is Cc1ccccc1-n1c(-c2cc(C(=O)N(C)Cc3ccoc3)c(O)cc2O)n[nH]c1=O. The Kier molecular flexibility index (Phi) is 5.08. The van der Waals surface area contributed by atoms with Gasteiger partial charge in [-0.25, -0.2) is 14.5 Å². The van der Waals surface area contributed by atoms with Gasteiger partial charge >= 0.3 is 5.69 Å². The molecule has 3 N–H and O–H groups in total. The number of amides is 1. The van der Waals surface area contributed by atoms with Crippen molar-refractivity contribution in [3.8, 4) is 28.6 Å². The molecule has 0 saturated carbocycles. The Labute approximate surface area is 176 Å². The second-order valence-electron chi connectivity index (χ2n) is 7.15. The van der Waals surface area contributed by atoms with Crippen molar-refractivity contribution in [3.63, 3.8) is 0 Å². The lowest BCUT2D eigenvalue weighted by atomic mass is 10.1. The minimum absolute atomic E-state index is 0.0365. The third kappa shape index (κ3) is 3.68. The molecule has 0 bridgehead atoms. The van der Waals surface area contributed by atoms with Crippen LogP contribution in [0, 0.1) is 6.92 Å². The standard InChI is InChI=1S/C22H20N4O5/c1-13-5-3-4-6-17(13)26-20(23-24-22(26)30)15-9-16(19(28)10-18(15)27)21(29)25(2)11-14-7-8-31-12-14/h3-10,12,27-28H,11H2,1-2H3,(H,24,30). The Hall–Kier alpha value is -4.27. The maximum atomic E-state index is 13.0. The van der Waals surface area contributed by atoms with E-state index < -0.39 is 11.6 Å². The molecule has 4 rings (SSSR count). The first-order valence-electron chi connectivity index (χ1n) is 9.43. The molecule has 2 aromatic heterocycles. The lowest BCUT2D eigenvalue weighted by Gasteiger charge is -2.18. The lowest BCUT2D eigenvalue weighted by Crippen LogP contribution is -2.26. The molecule has 0 radical (unpaired) electrons. The monoisotopic (exact) mass is 420 g/mol. The average Bonchev–Trinajstić information content (AvgIpc) is 3.38. The van der Waals surface area contributed by atoms with Gasteiger partial charge in [0, 0.05) is 25.2 Å². The summed E-state index contributed by atoms with van der Waals surface area (Å²) in [6.07, 6.45) is 3.03. The van der Waals surface area contributed by atoms with Crippen molar-refractivity contribution in [3.05, 3.63) is 82.2 Å². The summed E-state index contributed by atoms with van der Waals surface area (Å²) in [4.78, 5) is 26.8. The Morgan fingerprint density at radius 3 is 2.68 bits per heavy atom. The maximum Gasteiger partial charge on any atom is 0.348 e. The summed E-state index contributed by atoms with van der Waals surface area (Å²) in [5.74, 6) is -1.06. The summed E-state index contributed by atoms with van der Waals surface area (Å²) in [5, 5.41) is 27.2. The van der Waals surface area contributed by atoms with Crippen LogP contribution in [-0.4, -0.2) is 42.8 Å². The highest BCUT2D eigenvalue weighted by molar-refractivity contribution is 5.98. The number of H-pyrrole nitrogens is 1. The van der Waals surface area contributed by atoms with Gasteiger partial charge in [-0.3, -0.25) is 4.79 Å². The van der Waals surface area contributed by atoms with Crippen LogP contribution in [0.3, 0.4) is 0 Å². The molecule has 9 nitrogen and oxygen atoms in total. The second kappa shape index (κ2) is 7.86. The molecule has 31 heavy (non-hydrogen) atoms. The van der Waals surface area contributed by atoms with Crippen LogP contribution in [-0.2, 0) is 6.54 Å². The number of furan rings is 1. The van der Waals surface area contributed by atoms with Crippen molar-refractivity contribution in [1.82, 2.24) is 19.7 Å². The Morgan fingerprint density at radius 1 is 1.19 bits per heavy atom. The first kappa shape index (κ1) is 20.0. The molecule has 9 heteroatoms. The average molecular weight is 420 g/mol. The number of hydrogen-bond acceptors (Lipinski definition) is 6. The number of aromatic nitrogens is 3. The van der Waals surface area contributed by atoms with Gasteiger partial charge in [0.05, 0.1) is 29.3 Å². The molecule has 0 spiro atoms. The van der Waals surface area contributed by atoms with E-state index in [9.17, 15) is 19.8 Å². The van der Waals surface area contributed by atoms with Crippen molar-refractivity contribution in [1.29, 1.82) is 0 Å². The van der Waals surface area contributed by atoms with E-state index in [1.807, 2.05) is 19.1 Å². The van der Waals surface area contributed by atoms with Crippen LogP contribution in [0.4, 0.5) is 0 Å². The zero-order valence-electron chi connectivity index (χ0n) is 16.9. The summed E-state index contributed by atoms with van der Waals surface area (Å²) in [5.41, 5.74) is 1.78. The predicted molar refractivity (Wildman–Crippen MR) is 112 cm³/mol. The molecule has 0 atom stereocenters. The maximum absolute atomic E-state index is 13.0. The third-order valence-corrected chi connectivity index (χ3v) is 4.96. The highest BCUT2D eigenvalue weighted by Crippen LogP contribution is 2.35. The van der Waals surface area contributed by atoms with E-state index >= 15 is 0 Å². The van der Waals surface area contributed by atoms with E-state index in [0.717, 1.165) is 17.2 Å². The zero-order valence-corrected chi connectivity index (χ0v) is 16.9. The molecular formula is C22H20N4O5. The van der Waals surface area contributed by atoms with E-state index in [1.165, 1.54) is 28.1 Å². The van der Waals surface area contributed by atoms with Gasteiger partial charge in [-0.2, -0.15) is 5.10 Å². The second-order valence-corrected chi connectivity index (χ2v) is 7.15. The fourth-order valence-corrected chi connectivity index (χ4v) is 3.38. The van der Waals surface area contributed by atoms with Crippen LogP contribution in [0.25, 0.3) is 17.1 Å². The number of hydrogen-bond donors (Lipinski definition) is 3. The number of nitrogens with one attached hydrogen (secondary N) is 1. The number of carbonyl (C=O) groups is 1. The predicted octanol–water partition coefficient (Wildman–Crippen LogP) is 2.81. The van der Waals surface area contributed by atoms with E-state index in [1.54, 1.807) is 25.2 Å². The topological polar surface area (TPSA) is 125 Å². The molecule has 0 aliphatic rings. The van der Waals surface area contributed by atoms with Crippen LogP contribution in [0.15, 0.2) is 64.2 Å². The van der Waals surface area contributed by atoms with Crippen LogP contribution < -0.4 is 5.69 Å². The van der Waals surface area contributed by atoms with Gasteiger partial charge < -0.3 is 19.5 Å². The van der Waals surface area contributed by atoms with Crippen LogP contribution in [0.2, 0.25) is 0 Å². The Bertz CT molecular complexity index is 1300. The smallest absolute Gasteiger partial charge is 0.348 e. The Morgan fingerprint density at radius 2 is 1.97 bits per heavy atom. The summed E-state index contributed by atoms with van der Waals surface area (Å²) < 4.78 is 6.33. The van der Waals surface area contributed by atoms with Crippen molar-refractivity contribution in [2.24, 2.45) is 0 Å². The van der Waals surface area contributed by atoms with Crippen LogP contribution in [0.5, 0.6) is 11.5 Å². The summed E-state index contributed by atoms with van der Waals surface area (Å²) >= 11 is 0. The Balaban J connectivity index is 1.79. The molecule has 2 heterocycles. The zero-order chi connectivity index (χ0) is 22.1. The number of carbonyl (C=O) groups excluding carboxylic acids is 1. The van der Waals surface area contributed by atoms with Gasteiger partial charge in [-0.05, 0) is 30.7 Å². The molecule has 1 amide bonds. The molecule has 2 aromatic carbocycles. The lowest BCUT2D eigenvalue weighted by molar-refractivity contribution is 0.0782. The van der Waals surface area contributed by atoms with Gasteiger partial charge in [0.15, 0.2) is 5.82 Å². The fourth-order valence-electron chi connectivity index (χ4n) is 3.38. The number of aryl methyl sites for hydroxylation is 1. The van der Waals surface area contributed by atoms with Crippen molar-refractivity contribution in [2.45, 2.75) is 13.5 Å². The van der Waals surface area contributed by atoms with Crippen molar-refractivity contribution >= 4 is 5.91 Å². The summed E-state index contributed by atoms with van der Waals surface area (Å²) in [6.45, 7) is 2.11. The molecule has 4 aromatic rings. The number of nitrogens with zero attached hydrogens (tertiary/aromatic N) is 3. The first-order chi connectivity index (χ1) is 14.9. The van der Waals surface area contributed by atoms with Crippen LogP contribution >= 0.6 is 0 Å². The molecule has 0 aliphatic heterocycles. The molecular weight excluding hydrogens is 400 g/mol. The number of aromatic hydroxyl groups is 2. The van der Waals surface area contributed by atoms with Crippen molar-refractivity contribution < 1.29 is 19.4 Å². The van der Waals surface area contributed by atoms with Gasteiger partial charge in [-0.1, -0.05) is 18.2 Å². The number of rotatable bonds is 5. The van der Waals surface area contributed by atoms with Gasteiger partial charge in [0.2, 0.25) is 0 Å². The first-order valence-corrected chi connectivity index (χ1v) is 9.43. The molecule has 0 fully saturated rings.